The molecule has 2 fully saturated rings. The van der Waals surface area contributed by atoms with Crippen molar-refractivity contribution in [2.45, 2.75) is 51.0 Å². The number of imide groups is 1. The van der Waals surface area contributed by atoms with Crippen molar-refractivity contribution >= 4 is 17.8 Å². The van der Waals surface area contributed by atoms with E-state index in [-0.39, 0.29) is 34.6 Å². The number of hydrogen-bond acceptors (Lipinski definition) is 6. The van der Waals surface area contributed by atoms with Gasteiger partial charge in [0.25, 0.3) is 17.5 Å². The van der Waals surface area contributed by atoms with Gasteiger partial charge in [-0.25, -0.2) is 4.79 Å². The molecule has 12 heteroatoms. The van der Waals surface area contributed by atoms with Crippen molar-refractivity contribution in [1.82, 2.24) is 15.5 Å². The number of alkyl halides is 3. The lowest BCUT2D eigenvalue weighted by molar-refractivity contribution is -0.201. The van der Waals surface area contributed by atoms with Gasteiger partial charge in [0.1, 0.15) is 0 Å². The van der Waals surface area contributed by atoms with E-state index in [0.717, 1.165) is 18.6 Å². The molecule has 0 bridgehead atoms. The minimum atomic E-state index is -5.31. The average molecular weight is 487 g/mol. The first-order valence-electron chi connectivity index (χ1n) is 10.8. The highest BCUT2D eigenvalue weighted by Gasteiger charge is 2.70. The Hall–Kier alpha value is -3.18. The molecule has 1 aliphatic carbocycles. The van der Waals surface area contributed by atoms with Crippen molar-refractivity contribution in [2.75, 3.05) is 21.3 Å². The summed E-state index contributed by atoms with van der Waals surface area (Å²) in [6.07, 6.45) is -3.40. The van der Waals surface area contributed by atoms with Crippen LogP contribution in [0.15, 0.2) is 12.1 Å². The molecule has 0 aromatic heterocycles. The van der Waals surface area contributed by atoms with E-state index < -0.39 is 35.7 Å². The van der Waals surface area contributed by atoms with Gasteiger partial charge in [0.15, 0.2) is 11.5 Å². The summed E-state index contributed by atoms with van der Waals surface area (Å²) in [6.45, 7) is 3.73. The molecule has 0 spiro atoms. The van der Waals surface area contributed by atoms with Gasteiger partial charge in [-0.3, -0.25) is 19.8 Å². The number of ether oxygens (including phenoxy) is 3. The van der Waals surface area contributed by atoms with Crippen LogP contribution in [0.5, 0.6) is 17.2 Å². The van der Waals surface area contributed by atoms with Crippen LogP contribution in [0.4, 0.5) is 18.0 Å². The first kappa shape index (κ1) is 25.4. The molecule has 1 saturated heterocycles. The standard InChI is InChI=1S/C22H28F3N3O6/c1-11-7-6-8-14(12(11)2)28-19(30)21(22(23,24)25,27-20(28)31)26-18(29)13-9-15(32-3)17(34-5)16(10-13)33-4/h9-12,14H,6-8H2,1-5H3,(H,26,29)(H,27,31)/t11-,12-,14+,21+/m0/s1. The van der Waals surface area contributed by atoms with Gasteiger partial charge in [0.05, 0.1) is 21.3 Å². The maximum Gasteiger partial charge on any atom is 0.440 e. The highest BCUT2D eigenvalue weighted by atomic mass is 19.4. The van der Waals surface area contributed by atoms with Gasteiger partial charge in [-0.2, -0.15) is 13.2 Å². The van der Waals surface area contributed by atoms with Gasteiger partial charge in [-0.05, 0) is 30.4 Å². The quantitative estimate of drug-likeness (QED) is 0.598. The Kier molecular flexibility index (Phi) is 6.90. The Morgan fingerprint density at radius 3 is 2.18 bits per heavy atom. The van der Waals surface area contributed by atoms with Crippen LogP contribution in [0.25, 0.3) is 0 Å². The molecule has 2 N–H and O–H groups in total. The zero-order chi connectivity index (χ0) is 25.4. The number of halogens is 3. The summed E-state index contributed by atoms with van der Waals surface area (Å²) in [4.78, 5) is 39.4. The van der Waals surface area contributed by atoms with Crippen LogP contribution in [0.2, 0.25) is 0 Å². The third kappa shape index (κ3) is 4.09. The zero-order valence-corrected chi connectivity index (χ0v) is 19.5. The van der Waals surface area contributed by atoms with Crippen molar-refractivity contribution in [3.8, 4) is 17.2 Å². The van der Waals surface area contributed by atoms with Crippen LogP contribution in [-0.4, -0.2) is 62.0 Å². The number of nitrogens with zero attached hydrogens (tertiary/aromatic N) is 1. The van der Waals surface area contributed by atoms with E-state index in [0.29, 0.717) is 17.7 Å². The maximum atomic E-state index is 14.3. The first-order chi connectivity index (χ1) is 15.9. The minimum absolute atomic E-state index is 0.0292. The van der Waals surface area contributed by atoms with Gasteiger partial charge in [0.2, 0.25) is 5.75 Å². The molecule has 0 unspecified atom stereocenters. The Morgan fingerprint density at radius 1 is 1.09 bits per heavy atom. The third-order valence-corrected chi connectivity index (χ3v) is 6.70. The number of methoxy groups -OCH3 is 3. The molecule has 1 aromatic carbocycles. The fourth-order valence-corrected chi connectivity index (χ4v) is 4.57. The van der Waals surface area contributed by atoms with Gasteiger partial charge >= 0.3 is 12.2 Å². The van der Waals surface area contributed by atoms with E-state index in [1.807, 2.05) is 6.92 Å². The molecular weight excluding hydrogens is 459 g/mol. The topological polar surface area (TPSA) is 106 Å². The molecule has 34 heavy (non-hydrogen) atoms. The lowest BCUT2D eigenvalue weighted by Gasteiger charge is -2.38. The molecule has 188 valence electrons. The summed E-state index contributed by atoms with van der Waals surface area (Å²) in [5, 5.41) is 3.44. The number of carbonyl (C=O) groups excluding carboxylic acids is 3. The van der Waals surface area contributed by atoms with Gasteiger partial charge < -0.3 is 19.5 Å². The second kappa shape index (κ2) is 9.22. The van der Waals surface area contributed by atoms with Gasteiger partial charge in [0, 0.05) is 11.6 Å². The third-order valence-electron chi connectivity index (χ3n) is 6.70. The van der Waals surface area contributed by atoms with Crippen LogP contribution < -0.4 is 24.8 Å². The molecule has 9 nitrogen and oxygen atoms in total. The van der Waals surface area contributed by atoms with E-state index in [2.05, 4.69) is 0 Å². The monoisotopic (exact) mass is 487 g/mol. The smallest absolute Gasteiger partial charge is 0.440 e. The van der Waals surface area contributed by atoms with E-state index in [4.69, 9.17) is 14.2 Å². The van der Waals surface area contributed by atoms with Crippen LogP contribution in [-0.2, 0) is 4.79 Å². The molecule has 4 amide bonds. The van der Waals surface area contributed by atoms with Crippen molar-refractivity contribution in [1.29, 1.82) is 0 Å². The number of benzene rings is 1. The van der Waals surface area contributed by atoms with E-state index in [1.165, 1.54) is 21.3 Å². The second-order valence-electron chi connectivity index (χ2n) is 8.56. The van der Waals surface area contributed by atoms with Crippen molar-refractivity contribution < 1.29 is 41.8 Å². The molecule has 0 radical (unpaired) electrons. The van der Waals surface area contributed by atoms with Crippen molar-refractivity contribution in [2.24, 2.45) is 11.8 Å². The summed E-state index contributed by atoms with van der Waals surface area (Å²) < 4.78 is 58.3. The van der Waals surface area contributed by atoms with Crippen LogP contribution in [0.1, 0.15) is 43.5 Å². The van der Waals surface area contributed by atoms with Crippen LogP contribution in [0, 0.1) is 11.8 Å². The van der Waals surface area contributed by atoms with Crippen LogP contribution >= 0.6 is 0 Å². The number of nitrogens with one attached hydrogen (secondary N) is 2. The fraction of sp³-hybridized carbons (Fsp3) is 0.591. The average Bonchev–Trinajstić information content (AvgIpc) is 3.04. The van der Waals surface area contributed by atoms with E-state index >= 15 is 0 Å². The number of amides is 4. The Morgan fingerprint density at radius 2 is 1.68 bits per heavy atom. The van der Waals surface area contributed by atoms with Crippen LogP contribution in [0.3, 0.4) is 0 Å². The second-order valence-corrected chi connectivity index (χ2v) is 8.56. The lowest BCUT2D eigenvalue weighted by Crippen LogP contribution is -2.69. The lowest BCUT2D eigenvalue weighted by atomic mass is 9.77. The number of rotatable bonds is 6. The summed E-state index contributed by atoms with van der Waals surface area (Å²) in [5.41, 5.74) is -3.90. The zero-order valence-electron chi connectivity index (χ0n) is 19.5. The predicted octanol–water partition coefficient (Wildman–Crippen LogP) is 3.08. The number of urea groups is 1. The molecule has 1 heterocycles. The van der Waals surface area contributed by atoms with E-state index in [1.54, 1.807) is 17.6 Å². The SMILES string of the molecule is COc1cc(C(=O)N[C@@]2(C(F)(F)F)NC(=O)N([C@@H]3CCC[C@H](C)[C@@H]3C)C2=O)cc(OC)c1OC. The predicted molar refractivity (Wildman–Crippen MR) is 114 cm³/mol. The molecular formula is C22H28F3N3O6. The Balaban J connectivity index is 2.00. The van der Waals surface area contributed by atoms with E-state index in [9.17, 15) is 27.6 Å². The molecule has 1 aromatic rings. The normalized spacial score (nSPS) is 27.3. The number of carbonyl (C=O) groups is 3. The molecule has 1 aliphatic heterocycles. The number of hydrogen-bond donors (Lipinski definition) is 2. The highest BCUT2D eigenvalue weighted by Crippen LogP contribution is 2.41. The Bertz CT molecular complexity index is 960. The molecule has 2 aliphatic rings. The molecule has 1 saturated carbocycles. The van der Waals surface area contributed by atoms with Crippen molar-refractivity contribution in [3.05, 3.63) is 17.7 Å². The fourth-order valence-electron chi connectivity index (χ4n) is 4.57. The summed E-state index contributed by atoms with van der Waals surface area (Å²) in [5.74, 6) is -2.71. The Labute approximate surface area is 194 Å². The summed E-state index contributed by atoms with van der Waals surface area (Å²) in [6, 6.07) is 0.382. The minimum Gasteiger partial charge on any atom is -0.493 e. The molecule has 3 rings (SSSR count). The van der Waals surface area contributed by atoms with Crippen molar-refractivity contribution in [3.63, 3.8) is 0 Å². The van der Waals surface area contributed by atoms with Gasteiger partial charge in [-0.15, -0.1) is 0 Å². The van der Waals surface area contributed by atoms with Gasteiger partial charge in [-0.1, -0.05) is 26.7 Å². The largest absolute Gasteiger partial charge is 0.493 e. The summed E-state index contributed by atoms with van der Waals surface area (Å²) in [7, 11) is 3.88. The molecule has 4 atom stereocenters. The highest BCUT2D eigenvalue weighted by molar-refractivity contribution is 6.10. The first-order valence-corrected chi connectivity index (χ1v) is 10.8. The summed E-state index contributed by atoms with van der Waals surface area (Å²) >= 11 is 0. The maximum absolute atomic E-state index is 14.3.